The highest BCUT2D eigenvalue weighted by molar-refractivity contribution is 8.26. The van der Waals surface area contributed by atoms with Gasteiger partial charge in [0.2, 0.25) is 0 Å². The molecule has 2 aliphatic heterocycles. The first-order valence-corrected chi connectivity index (χ1v) is 14.5. The molecule has 0 radical (unpaired) electrons. The molecular formula is C28H38N4O2S2. The van der Waals surface area contributed by atoms with Gasteiger partial charge in [-0.25, -0.2) is 4.98 Å². The van der Waals surface area contributed by atoms with E-state index in [1.807, 2.05) is 25.3 Å². The zero-order valence-corrected chi connectivity index (χ0v) is 23.6. The fourth-order valence-corrected chi connectivity index (χ4v) is 6.61. The zero-order valence-electron chi connectivity index (χ0n) is 22.0. The van der Waals surface area contributed by atoms with Crippen LogP contribution in [0.2, 0.25) is 0 Å². The summed E-state index contributed by atoms with van der Waals surface area (Å²) in [7, 11) is 0. The van der Waals surface area contributed by atoms with E-state index < -0.39 is 0 Å². The van der Waals surface area contributed by atoms with E-state index in [1.165, 1.54) is 37.4 Å². The molecule has 0 N–H and O–H groups in total. The van der Waals surface area contributed by atoms with Crippen molar-refractivity contribution in [2.75, 3.05) is 24.5 Å². The molecule has 0 aromatic carbocycles. The van der Waals surface area contributed by atoms with Gasteiger partial charge >= 0.3 is 0 Å². The van der Waals surface area contributed by atoms with E-state index in [1.54, 1.807) is 15.4 Å². The van der Waals surface area contributed by atoms with Gasteiger partial charge in [0.1, 0.15) is 15.8 Å². The number of piperidine rings is 1. The second-order valence-corrected chi connectivity index (χ2v) is 12.2. The summed E-state index contributed by atoms with van der Waals surface area (Å²) in [4.78, 5) is 36.4. The first-order valence-electron chi connectivity index (χ1n) is 13.3. The molecule has 0 spiro atoms. The number of nitrogens with zero attached hydrogens (tertiary/aromatic N) is 4. The fraction of sp³-hybridized carbons (Fsp3) is 0.571. The highest BCUT2D eigenvalue weighted by Gasteiger charge is 2.33. The third-order valence-electron chi connectivity index (χ3n) is 7.04. The minimum atomic E-state index is -0.147. The SMILES string of the molecule is CCCCCCCCN1C(=O)/C(=C\c2c(N3CC(C)CC(C)C3)nc3ccc(C)cn3c2=O)SC1=S. The van der Waals surface area contributed by atoms with Crippen LogP contribution in [0.3, 0.4) is 0 Å². The van der Waals surface area contributed by atoms with Crippen LogP contribution in [0.1, 0.15) is 76.8 Å². The number of hydrogen-bond donors (Lipinski definition) is 0. The lowest BCUT2D eigenvalue weighted by Crippen LogP contribution is -2.40. The molecule has 194 valence electrons. The van der Waals surface area contributed by atoms with Crippen LogP contribution in [0.25, 0.3) is 11.7 Å². The summed E-state index contributed by atoms with van der Waals surface area (Å²) in [6, 6.07) is 3.86. The fourth-order valence-electron chi connectivity index (χ4n) is 5.32. The lowest BCUT2D eigenvalue weighted by Gasteiger charge is -2.36. The minimum Gasteiger partial charge on any atom is -0.355 e. The van der Waals surface area contributed by atoms with Crippen LogP contribution in [0.5, 0.6) is 0 Å². The van der Waals surface area contributed by atoms with Crippen molar-refractivity contribution in [3.8, 4) is 0 Å². The topological polar surface area (TPSA) is 57.9 Å². The number of aromatic nitrogens is 2. The molecule has 6 nitrogen and oxygen atoms in total. The van der Waals surface area contributed by atoms with Crippen LogP contribution in [-0.2, 0) is 4.79 Å². The molecule has 1 amide bonds. The standard InChI is InChI=1S/C28H38N4O2S2/c1-5-6-7-8-9-10-13-31-27(34)23(36-28(31)35)15-22-25(30-16-20(3)14-21(4)17-30)29-24-12-11-19(2)18-32(24)26(22)33/h11-12,15,18,20-21H,5-10,13-14,16-17H2,1-4H3/b23-15+. The van der Waals surface area contributed by atoms with E-state index in [0.29, 0.717) is 44.6 Å². The Morgan fingerprint density at radius 3 is 2.50 bits per heavy atom. The molecule has 4 heterocycles. The molecule has 36 heavy (non-hydrogen) atoms. The maximum atomic E-state index is 13.7. The Morgan fingerprint density at radius 1 is 1.08 bits per heavy atom. The number of thioether (sulfide) groups is 1. The second-order valence-electron chi connectivity index (χ2n) is 10.5. The van der Waals surface area contributed by atoms with Crippen molar-refractivity contribution in [1.82, 2.24) is 14.3 Å². The van der Waals surface area contributed by atoms with Gasteiger partial charge in [-0.15, -0.1) is 0 Å². The van der Waals surface area contributed by atoms with E-state index in [-0.39, 0.29) is 11.5 Å². The Labute approximate surface area is 224 Å². The molecule has 2 fully saturated rings. The van der Waals surface area contributed by atoms with Gasteiger partial charge < -0.3 is 4.90 Å². The van der Waals surface area contributed by atoms with Crippen molar-refractivity contribution >= 4 is 51.7 Å². The average Bonchev–Trinajstić information content (AvgIpc) is 3.09. The van der Waals surface area contributed by atoms with Crippen LogP contribution in [0.15, 0.2) is 28.0 Å². The van der Waals surface area contributed by atoms with Crippen LogP contribution < -0.4 is 10.5 Å². The summed E-state index contributed by atoms with van der Waals surface area (Å²) < 4.78 is 2.17. The molecule has 2 atom stereocenters. The summed E-state index contributed by atoms with van der Waals surface area (Å²) in [6.07, 6.45) is 11.7. The molecule has 0 bridgehead atoms. The Kier molecular flexibility index (Phi) is 8.88. The molecule has 2 saturated heterocycles. The second kappa shape index (κ2) is 11.9. The van der Waals surface area contributed by atoms with E-state index in [9.17, 15) is 9.59 Å². The lowest BCUT2D eigenvalue weighted by atomic mass is 9.91. The molecule has 2 unspecified atom stereocenters. The highest BCUT2D eigenvalue weighted by Crippen LogP contribution is 2.35. The van der Waals surface area contributed by atoms with Crippen molar-refractivity contribution in [2.24, 2.45) is 11.8 Å². The highest BCUT2D eigenvalue weighted by atomic mass is 32.2. The number of anilines is 1. The maximum Gasteiger partial charge on any atom is 0.267 e. The maximum absolute atomic E-state index is 13.7. The van der Waals surface area contributed by atoms with Crippen LogP contribution in [0.4, 0.5) is 5.82 Å². The minimum absolute atomic E-state index is 0.0985. The normalized spacial score (nSPS) is 21.8. The summed E-state index contributed by atoms with van der Waals surface area (Å²) >= 11 is 6.86. The van der Waals surface area contributed by atoms with Crippen molar-refractivity contribution < 1.29 is 4.79 Å². The van der Waals surface area contributed by atoms with E-state index in [0.717, 1.165) is 37.9 Å². The van der Waals surface area contributed by atoms with Crippen LogP contribution in [0, 0.1) is 18.8 Å². The van der Waals surface area contributed by atoms with Crippen LogP contribution >= 0.6 is 24.0 Å². The van der Waals surface area contributed by atoms with Gasteiger partial charge in [0, 0.05) is 25.8 Å². The molecule has 2 aromatic heterocycles. The molecule has 2 aliphatic rings. The monoisotopic (exact) mass is 526 g/mol. The Balaban J connectivity index is 1.66. The Bertz CT molecular complexity index is 1210. The molecule has 0 saturated carbocycles. The number of thiocarbonyl (C=S) groups is 1. The first kappa shape index (κ1) is 26.9. The number of rotatable bonds is 9. The predicted octanol–water partition coefficient (Wildman–Crippen LogP) is 6.05. The first-order chi connectivity index (χ1) is 17.3. The number of pyridine rings is 1. The predicted molar refractivity (Wildman–Crippen MR) is 155 cm³/mol. The van der Waals surface area contributed by atoms with Crippen molar-refractivity contribution in [2.45, 2.75) is 72.6 Å². The summed E-state index contributed by atoms with van der Waals surface area (Å²) in [6.45, 7) is 11.0. The third kappa shape index (κ3) is 6.02. The number of unbranched alkanes of at least 4 members (excludes halogenated alkanes) is 5. The van der Waals surface area contributed by atoms with Gasteiger partial charge in [-0.1, -0.05) is 82.9 Å². The van der Waals surface area contributed by atoms with Gasteiger partial charge in [0.05, 0.1) is 10.5 Å². The number of hydrogen-bond acceptors (Lipinski definition) is 6. The molecule has 0 aliphatic carbocycles. The Morgan fingerprint density at radius 2 is 1.78 bits per heavy atom. The number of carbonyl (C=O) groups excluding carboxylic acids is 1. The van der Waals surface area contributed by atoms with Gasteiger partial charge in [0.15, 0.2) is 0 Å². The van der Waals surface area contributed by atoms with E-state index in [4.69, 9.17) is 17.2 Å². The summed E-state index contributed by atoms with van der Waals surface area (Å²) in [5.41, 5.74) is 1.93. The smallest absolute Gasteiger partial charge is 0.267 e. The average molecular weight is 527 g/mol. The van der Waals surface area contributed by atoms with Gasteiger partial charge in [0.25, 0.3) is 11.5 Å². The quantitative estimate of drug-likeness (QED) is 0.225. The van der Waals surface area contributed by atoms with Crippen molar-refractivity contribution in [3.05, 3.63) is 44.7 Å². The van der Waals surface area contributed by atoms with E-state index in [2.05, 4.69) is 25.7 Å². The number of aryl methyl sites for hydroxylation is 1. The largest absolute Gasteiger partial charge is 0.355 e. The van der Waals surface area contributed by atoms with Crippen molar-refractivity contribution in [3.63, 3.8) is 0 Å². The molecule has 2 aromatic rings. The third-order valence-corrected chi connectivity index (χ3v) is 8.42. The molecular weight excluding hydrogens is 488 g/mol. The number of carbonyl (C=O) groups is 1. The molecule has 4 rings (SSSR count). The van der Waals surface area contributed by atoms with Crippen molar-refractivity contribution in [1.29, 1.82) is 0 Å². The Hall–Kier alpha value is -2.19. The van der Waals surface area contributed by atoms with Crippen LogP contribution in [-0.4, -0.2) is 44.1 Å². The van der Waals surface area contributed by atoms with Gasteiger partial charge in [-0.2, -0.15) is 0 Å². The van der Waals surface area contributed by atoms with Gasteiger partial charge in [-0.05, 0) is 49.3 Å². The molecule has 8 heteroatoms. The summed E-state index contributed by atoms with van der Waals surface area (Å²) in [5, 5.41) is 0. The van der Waals surface area contributed by atoms with E-state index >= 15 is 0 Å². The van der Waals surface area contributed by atoms with Gasteiger partial charge in [-0.3, -0.25) is 18.9 Å². The number of amides is 1. The lowest BCUT2D eigenvalue weighted by molar-refractivity contribution is -0.122. The zero-order chi connectivity index (χ0) is 25.8. The number of fused-ring (bicyclic) bond motifs is 1. The summed E-state index contributed by atoms with van der Waals surface area (Å²) in [5.74, 6) is 1.59.